The van der Waals surface area contributed by atoms with E-state index in [9.17, 15) is 4.79 Å². The number of likely N-dealkylation sites (tertiary alicyclic amines) is 1. The summed E-state index contributed by atoms with van der Waals surface area (Å²) >= 11 is 1.39. The Morgan fingerprint density at radius 2 is 2.00 bits per heavy atom. The van der Waals surface area contributed by atoms with E-state index in [1.807, 2.05) is 16.3 Å². The van der Waals surface area contributed by atoms with Crippen molar-refractivity contribution in [1.29, 1.82) is 0 Å². The van der Waals surface area contributed by atoms with E-state index in [0.717, 1.165) is 31.6 Å². The lowest BCUT2D eigenvalue weighted by Crippen LogP contribution is -2.38. The van der Waals surface area contributed by atoms with Gasteiger partial charge < -0.3 is 10.6 Å². The molecule has 2 heterocycles. The molecule has 1 amide bonds. The Morgan fingerprint density at radius 3 is 2.62 bits per heavy atom. The van der Waals surface area contributed by atoms with Gasteiger partial charge >= 0.3 is 0 Å². The smallest absolute Gasteiger partial charge is 0.228 e. The molecule has 1 saturated heterocycles. The van der Waals surface area contributed by atoms with Gasteiger partial charge in [0.1, 0.15) is 0 Å². The minimum atomic E-state index is 0.159. The van der Waals surface area contributed by atoms with Crippen molar-refractivity contribution in [2.75, 3.05) is 18.8 Å². The first kappa shape index (κ1) is 14.1. The highest BCUT2D eigenvalue weighted by Crippen LogP contribution is 2.28. The van der Waals surface area contributed by atoms with Gasteiger partial charge in [-0.2, -0.15) is 0 Å². The summed E-state index contributed by atoms with van der Waals surface area (Å²) in [7, 11) is 0. The zero-order valence-corrected chi connectivity index (χ0v) is 12.7. The van der Waals surface area contributed by atoms with Crippen molar-refractivity contribution in [3.05, 3.63) is 47.0 Å². The molecular formula is C16H19N3OS. The molecule has 1 aromatic carbocycles. The summed E-state index contributed by atoms with van der Waals surface area (Å²) in [5, 5.41) is 2.39. The molecule has 0 bridgehead atoms. The van der Waals surface area contributed by atoms with Gasteiger partial charge in [0.2, 0.25) is 5.91 Å². The van der Waals surface area contributed by atoms with Crippen molar-refractivity contribution in [3.8, 4) is 0 Å². The number of aromatic nitrogens is 1. The zero-order valence-electron chi connectivity index (χ0n) is 11.9. The van der Waals surface area contributed by atoms with Gasteiger partial charge in [-0.3, -0.25) is 4.79 Å². The Labute approximate surface area is 128 Å². The van der Waals surface area contributed by atoms with E-state index >= 15 is 0 Å². The first-order valence-electron chi connectivity index (χ1n) is 7.25. The number of thiazole rings is 1. The number of nitrogens with zero attached hydrogens (tertiary/aromatic N) is 2. The third kappa shape index (κ3) is 3.42. The average molecular weight is 301 g/mol. The topological polar surface area (TPSA) is 59.2 Å². The second-order valence-electron chi connectivity index (χ2n) is 5.42. The molecule has 1 aromatic heterocycles. The standard InChI is InChI=1S/C16H19N3OS/c17-16-18-14(11-21-16)10-15(20)19-8-6-13(7-9-19)12-4-2-1-3-5-12/h1-5,11,13H,6-10H2,(H2,17,18). The van der Waals surface area contributed by atoms with Crippen LogP contribution in [0.4, 0.5) is 5.13 Å². The van der Waals surface area contributed by atoms with Crippen molar-refractivity contribution in [1.82, 2.24) is 9.88 Å². The van der Waals surface area contributed by atoms with E-state index in [4.69, 9.17) is 5.73 Å². The molecule has 3 rings (SSSR count). The Bertz CT molecular complexity index is 603. The Hall–Kier alpha value is -1.88. The summed E-state index contributed by atoms with van der Waals surface area (Å²) in [6.07, 6.45) is 2.44. The fourth-order valence-corrected chi connectivity index (χ4v) is 3.42. The van der Waals surface area contributed by atoms with E-state index < -0.39 is 0 Å². The Morgan fingerprint density at radius 1 is 1.29 bits per heavy atom. The summed E-state index contributed by atoms with van der Waals surface area (Å²) in [5.41, 5.74) is 7.77. The SMILES string of the molecule is Nc1nc(CC(=O)N2CCC(c3ccccc3)CC2)cs1. The lowest BCUT2D eigenvalue weighted by molar-refractivity contribution is -0.131. The number of amides is 1. The Balaban J connectivity index is 1.54. The van der Waals surface area contributed by atoms with Crippen LogP contribution in [-0.2, 0) is 11.2 Å². The molecule has 2 N–H and O–H groups in total. The van der Waals surface area contributed by atoms with Gasteiger partial charge in [0.05, 0.1) is 12.1 Å². The maximum absolute atomic E-state index is 12.3. The van der Waals surface area contributed by atoms with Crippen LogP contribution in [0.2, 0.25) is 0 Å². The first-order chi connectivity index (χ1) is 10.2. The Kier molecular flexibility index (Phi) is 4.20. The molecule has 110 valence electrons. The quantitative estimate of drug-likeness (QED) is 0.948. The second-order valence-corrected chi connectivity index (χ2v) is 6.31. The number of nitrogen functional groups attached to an aromatic ring is 1. The molecule has 1 aliphatic rings. The first-order valence-corrected chi connectivity index (χ1v) is 8.13. The number of hydrogen-bond acceptors (Lipinski definition) is 4. The van der Waals surface area contributed by atoms with Crippen LogP contribution in [0.25, 0.3) is 0 Å². The van der Waals surface area contributed by atoms with Gasteiger partial charge in [0, 0.05) is 18.5 Å². The zero-order chi connectivity index (χ0) is 14.7. The summed E-state index contributed by atoms with van der Waals surface area (Å²) < 4.78 is 0. The van der Waals surface area contributed by atoms with Gasteiger partial charge in [-0.25, -0.2) is 4.98 Å². The van der Waals surface area contributed by atoms with Crippen LogP contribution in [0.15, 0.2) is 35.7 Å². The number of nitrogens with two attached hydrogens (primary N) is 1. The van der Waals surface area contributed by atoms with Crippen molar-refractivity contribution in [2.45, 2.75) is 25.2 Å². The van der Waals surface area contributed by atoms with Crippen LogP contribution in [0.5, 0.6) is 0 Å². The number of carbonyl (C=O) groups excluding carboxylic acids is 1. The number of benzene rings is 1. The number of rotatable bonds is 3. The molecule has 0 saturated carbocycles. The lowest BCUT2D eigenvalue weighted by atomic mass is 9.89. The minimum Gasteiger partial charge on any atom is -0.375 e. The van der Waals surface area contributed by atoms with Crippen LogP contribution >= 0.6 is 11.3 Å². The molecule has 0 spiro atoms. The minimum absolute atomic E-state index is 0.159. The van der Waals surface area contributed by atoms with E-state index in [-0.39, 0.29) is 5.91 Å². The number of hydrogen-bond donors (Lipinski definition) is 1. The molecule has 5 heteroatoms. The van der Waals surface area contributed by atoms with Crippen LogP contribution in [0, 0.1) is 0 Å². The van der Waals surface area contributed by atoms with Gasteiger partial charge in [-0.15, -0.1) is 11.3 Å². The van der Waals surface area contributed by atoms with Crippen LogP contribution in [0.3, 0.4) is 0 Å². The summed E-state index contributed by atoms with van der Waals surface area (Å²) in [6, 6.07) is 10.6. The van der Waals surface area contributed by atoms with Gasteiger partial charge in [-0.1, -0.05) is 30.3 Å². The predicted molar refractivity (Wildman–Crippen MR) is 85.2 cm³/mol. The van der Waals surface area contributed by atoms with E-state index in [1.165, 1.54) is 16.9 Å². The van der Waals surface area contributed by atoms with Crippen LogP contribution in [-0.4, -0.2) is 28.9 Å². The third-order valence-corrected chi connectivity index (χ3v) is 4.74. The molecule has 0 atom stereocenters. The molecule has 4 nitrogen and oxygen atoms in total. The maximum atomic E-state index is 12.3. The fraction of sp³-hybridized carbons (Fsp3) is 0.375. The maximum Gasteiger partial charge on any atom is 0.228 e. The fourth-order valence-electron chi connectivity index (χ4n) is 2.86. The molecule has 0 unspecified atom stereocenters. The normalized spacial score (nSPS) is 16.1. The second kappa shape index (κ2) is 6.26. The summed E-state index contributed by atoms with van der Waals surface area (Å²) in [5.74, 6) is 0.733. The number of carbonyl (C=O) groups is 1. The highest BCUT2D eigenvalue weighted by Gasteiger charge is 2.24. The highest BCUT2D eigenvalue weighted by molar-refractivity contribution is 7.13. The predicted octanol–water partition coefficient (Wildman–Crippen LogP) is 2.67. The van der Waals surface area contributed by atoms with E-state index in [2.05, 4.69) is 29.2 Å². The summed E-state index contributed by atoms with van der Waals surface area (Å²) in [4.78, 5) is 18.4. The van der Waals surface area contributed by atoms with Gasteiger partial charge in [0.15, 0.2) is 5.13 Å². The number of anilines is 1. The largest absolute Gasteiger partial charge is 0.375 e. The van der Waals surface area contributed by atoms with Crippen molar-refractivity contribution in [2.24, 2.45) is 0 Å². The third-order valence-electron chi connectivity index (χ3n) is 4.02. The van der Waals surface area contributed by atoms with Crippen LogP contribution in [0.1, 0.15) is 30.0 Å². The average Bonchev–Trinajstić information content (AvgIpc) is 2.93. The molecule has 2 aromatic rings. The van der Waals surface area contributed by atoms with E-state index in [0.29, 0.717) is 17.5 Å². The van der Waals surface area contributed by atoms with Crippen molar-refractivity contribution < 1.29 is 4.79 Å². The van der Waals surface area contributed by atoms with Crippen molar-refractivity contribution >= 4 is 22.4 Å². The van der Waals surface area contributed by atoms with Crippen LogP contribution < -0.4 is 5.73 Å². The molecule has 1 fully saturated rings. The number of piperidine rings is 1. The van der Waals surface area contributed by atoms with Gasteiger partial charge in [0.25, 0.3) is 0 Å². The molecular weight excluding hydrogens is 282 g/mol. The highest BCUT2D eigenvalue weighted by atomic mass is 32.1. The lowest BCUT2D eigenvalue weighted by Gasteiger charge is -2.32. The molecule has 0 radical (unpaired) electrons. The molecule has 1 aliphatic heterocycles. The molecule has 0 aliphatic carbocycles. The van der Waals surface area contributed by atoms with Gasteiger partial charge in [-0.05, 0) is 24.3 Å². The monoisotopic (exact) mass is 301 g/mol. The summed E-state index contributed by atoms with van der Waals surface area (Å²) in [6.45, 7) is 1.66. The van der Waals surface area contributed by atoms with E-state index in [1.54, 1.807) is 0 Å². The molecule has 21 heavy (non-hydrogen) atoms. The van der Waals surface area contributed by atoms with Crippen molar-refractivity contribution in [3.63, 3.8) is 0 Å².